The number of carbonyl (C=O) groups is 1. The van der Waals surface area contributed by atoms with E-state index in [1.54, 1.807) is 18.4 Å². The number of carboxylic acid groups (broad SMARTS) is 1. The molecule has 0 unspecified atom stereocenters. The first kappa shape index (κ1) is 23.7. The van der Waals surface area contributed by atoms with Gasteiger partial charge in [-0.25, -0.2) is 9.78 Å². The maximum Gasteiger partial charge on any atom is 0.341 e. The summed E-state index contributed by atoms with van der Waals surface area (Å²) >= 11 is 1.60. The smallest absolute Gasteiger partial charge is 0.341 e. The van der Waals surface area contributed by atoms with E-state index in [0.717, 1.165) is 50.0 Å². The van der Waals surface area contributed by atoms with Gasteiger partial charge in [0.05, 0.1) is 22.2 Å². The number of fused-ring (bicyclic) bond motifs is 1. The highest BCUT2D eigenvalue weighted by Gasteiger charge is 2.19. The molecule has 0 saturated carbocycles. The van der Waals surface area contributed by atoms with Crippen LogP contribution in [0.3, 0.4) is 0 Å². The topological polar surface area (TPSA) is 101 Å². The summed E-state index contributed by atoms with van der Waals surface area (Å²) in [5.41, 5.74) is 4.34. The molecule has 2 N–H and O–H groups in total. The number of aromatic nitrogens is 1. The van der Waals surface area contributed by atoms with E-state index in [9.17, 15) is 15.0 Å². The van der Waals surface area contributed by atoms with Gasteiger partial charge in [-0.05, 0) is 62.1 Å². The normalized spacial score (nSPS) is 15.8. The van der Waals surface area contributed by atoms with Gasteiger partial charge in [-0.3, -0.25) is 4.99 Å². The van der Waals surface area contributed by atoms with Crippen LogP contribution in [-0.4, -0.2) is 54.2 Å². The van der Waals surface area contributed by atoms with Gasteiger partial charge in [0.25, 0.3) is 0 Å². The SMILES string of the molecule is COCCCOc1cc2c(cc1-c1sc(C)nc1C)/C(C)=C/C(O)=C(C(=O)O)C=NCC2. The van der Waals surface area contributed by atoms with Crippen LogP contribution in [0, 0.1) is 13.8 Å². The van der Waals surface area contributed by atoms with E-state index >= 15 is 0 Å². The molecule has 0 spiro atoms. The highest BCUT2D eigenvalue weighted by atomic mass is 32.1. The molecule has 0 bridgehead atoms. The quantitative estimate of drug-likeness (QED) is 0.582. The zero-order chi connectivity index (χ0) is 23.3. The summed E-state index contributed by atoms with van der Waals surface area (Å²) in [5.74, 6) is -0.767. The molecule has 0 fully saturated rings. The average Bonchev–Trinajstić information content (AvgIpc) is 3.07. The molecule has 1 aliphatic rings. The molecule has 2 heterocycles. The van der Waals surface area contributed by atoms with Crippen LogP contribution in [-0.2, 0) is 16.0 Å². The van der Waals surface area contributed by atoms with Gasteiger partial charge in [0.1, 0.15) is 17.1 Å². The van der Waals surface area contributed by atoms with Crippen LogP contribution in [0.5, 0.6) is 5.75 Å². The van der Waals surface area contributed by atoms with Gasteiger partial charge in [-0.15, -0.1) is 11.3 Å². The summed E-state index contributed by atoms with van der Waals surface area (Å²) < 4.78 is 11.3. The summed E-state index contributed by atoms with van der Waals surface area (Å²) in [6.07, 6.45) is 4.08. The number of methoxy groups -OCH3 is 1. The fourth-order valence-corrected chi connectivity index (χ4v) is 4.53. The average molecular weight is 457 g/mol. The van der Waals surface area contributed by atoms with Gasteiger partial charge in [0.2, 0.25) is 0 Å². The van der Waals surface area contributed by atoms with Crippen molar-refractivity contribution in [2.75, 3.05) is 26.9 Å². The number of benzene rings is 1. The fourth-order valence-electron chi connectivity index (χ4n) is 3.59. The Morgan fingerprint density at radius 3 is 2.62 bits per heavy atom. The predicted molar refractivity (Wildman–Crippen MR) is 127 cm³/mol. The summed E-state index contributed by atoms with van der Waals surface area (Å²) in [4.78, 5) is 21.3. The number of allylic oxidation sites excluding steroid dienone is 2. The molecule has 2 aromatic rings. The fraction of sp³-hybridized carbons (Fsp3) is 0.375. The number of hydrogen-bond donors (Lipinski definition) is 2. The molecule has 0 aliphatic carbocycles. The molecule has 1 aromatic carbocycles. The van der Waals surface area contributed by atoms with Crippen molar-refractivity contribution in [3.05, 3.63) is 51.4 Å². The first-order valence-electron chi connectivity index (χ1n) is 10.4. The second-order valence-electron chi connectivity index (χ2n) is 7.56. The van der Waals surface area contributed by atoms with Gasteiger partial charge in [-0.2, -0.15) is 0 Å². The molecule has 0 radical (unpaired) electrons. The third-order valence-corrected chi connectivity index (χ3v) is 6.23. The molecule has 7 nitrogen and oxygen atoms in total. The Hall–Kier alpha value is -2.97. The maximum absolute atomic E-state index is 11.5. The molecule has 170 valence electrons. The Kier molecular flexibility index (Phi) is 7.82. The van der Waals surface area contributed by atoms with Crippen LogP contribution in [0.4, 0.5) is 0 Å². The molecular formula is C24H28N2O5S. The molecule has 0 amide bonds. The predicted octanol–water partition coefficient (Wildman–Crippen LogP) is 4.77. The van der Waals surface area contributed by atoms with Crippen molar-refractivity contribution >= 4 is 29.1 Å². The number of aliphatic hydroxyl groups excluding tert-OH is 1. The summed E-state index contributed by atoms with van der Waals surface area (Å²) in [6.45, 7) is 7.35. The standard InChI is InChI=1S/C24H28N2O5S/c1-14-10-21(27)20(24(28)29)13-25-7-6-17-11-22(31-9-5-8-30-4)19(12-18(14)17)23-15(2)26-16(3)32-23/h10-13,27H,5-9H2,1-4H3,(H,28,29)/b14-10+,21-20?,25-13?. The first-order chi connectivity index (χ1) is 15.3. The largest absolute Gasteiger partial charge is 0.507 e. The maximum atomic E-state index is 11.5. The zero-order valence-electron chi connectivity index (χ0n) is 18.8. The highest BCUT2D eigenvalue weighted by molar-refractivity contribution is 7.15. The van der Waals surface area contributed by atoms with Crippen LogP contribution < -0.4 is 4.74 Å². The lowest BCUT2D eigenvalue weighted by Crippen LogP contribution is -2.08. The molecule has 3 rings (SSSR count). The van der Waals surface area contributed by atoms with E-state index in [1.807, 2.05) is 32.9 Å². The lowest BCUT2D eigenvalue weighted by molar-refractivity contribution is -0.132. The molecule has 0 saturated heterocycles. The number of carboxylic acids is 1. The van der Waals surface area contributed by atoms with E-state index in [1.165, 1.54) is 12.3 Å². The minimum Gasteiger partial charge on any atom is -0.507 e. The van der Waals surface area contributed by atoms with Crippen molar-refractivity contribution in [1.82, 2.24) is 4.98 Å². The Bertz CT molecular complexity index is 1100. The minimum absolute atomic E-state index is 0.222. The number of thiazole rings is 1. The van der Waals surface area contributed by atoms with Crippen molar-refractivity contribution in [3.63, 3.8) is 0 Å². The van der Waals surface area contributed by atoms with E-state index < -0.39 is 5.97 Å². The van der Waals surface area contributed by atoms with Crippen molar-refractivity contribution < 1.29 is 24.5 Å². The number of aliphatic carboxylic acids is 1. The third-order valence-electron chi connectivity index (χ3n) is 5.12. The van der Waals surface area contributed by atoms with Gasteiger partial charge in [0.15, 0.2) is 0 Å². The van der Waals surface area contributed by atoms with Crippen LogP contribution >= 0.6 is 11.3 Å². The first-order valence-corrected chi connectivity index (χ1v) is 11.2. The molecule has 8 heteroatoms. The molecular weight excluding hydrogens is 428 g/mol. The number of rotatable bonds is 7. The van der Waals surface area contributed by atoms with Crippen LogP contribution in [0.15, 0.2) is 34.5 Å². The number of ether oxygens (including phenoxy) is 2. The second kappa shape index (κ2) is 10.6. The zero-order valence-corrected chi connectivity index (χ0v) is 19.6. The van der Waals surface area contributed by atoms with E-state index in [-0.39, 0.29) is 11.3 Å². The lowest BCUT2D eigenvalue weighted by Gasteiger charge is -2.18. The van der Waals surface area contributed by atoms with Gasteiger partial charge in [0, 0.05) is 38.5 Å². The molecule has 1 aliphatic heterocycles. The van der Waals surface area contributed by atoms with Crippen molar-refractivity contribution in [2.24, 2.45) is 4.99 Å². The van der Waals surface area contributed by atoms with Gasteiger partial charge >= 0.3 is 5.97 Å². The Morgan fingerprint density at radius 2 is 1.97 bits per heavy atom. The minimum atomic E-state index is -1.22. The van der Waals surface area contributed by atoms with E-state index in [2.05, 4.69) is 9.98 Å². The molecule has 32 heavy (non-hydrogen) atoms. The van der Waals surface area contributed by atoms with Crippen molar-refractivity contribution in [2.45, 2.75) is 33.6 Å². The van der Waals surface area contributed by atoms with Crippen LogP contribution in [0.25, 0.3) is 16.0 Å². The number of aryl methyl sites for hydroxylation is 2. The Labute approximate surface area is 191 Å². The van der Waals surface area contributed by atoms with E-state index in [4.69, 9.17) is 9.47 Å². The van der Waals surface area contributed by atoms with Crippen molar-refractivity contribution in [3.8, 4) is 16.2 Å². The summed E-state index contributed by atoms with van der Waals surface area (Å²) in [6, 6.07) is 4.07. The number of nitrogens with zero attached hydrogens (tertiary/aromatic N) is 2. The van der Waals surface area contributed by atoms with Crippen LogP contribution in [0.2, 0.25) is 0 Å². The Morgan fingerprint density at radius 1 is 1.19 bits per heavy atom. The van der Waals surface area contributed by atoms with Gasteiger partial charge < -0.3 is 19.7 Å². The number of hydrogen-bond acceptors (Lipinski definition) is 7. The summed E-state index contributed by atoms with van der Waals surface area (Å²) in [5, 5.41) is 20.7. The number of aliphatic imine (C=N–C) groups is 1. The third kappa shape index (κ3) is 5.44. The number of aliphatic hydroxyl groups is 1. The lowest BCUT2D eigenvalue weighted by atomic mass is 9.93. The summed E-state index contributed by atoms with van der Waals surface area (Å²) in [7, 11) is 1.67. The highest BCUT2D eigenvalue weighted by Crippen LogP contribution is 2.40. The van der Waals surface area contributed by atoms with Crippen LogP contribution in [0.1, 0.15) is 35.2 Å². The Balaban J connectivity index is 2.15. The monoisotopic (exact) mass is 456 g/mol. The van der Waals surface area contributed by atoms with Crippen molar-refractivity contribution in [1.29, 1.82) is 0 Å². The van der Waals surface area contributed by atoms with E-state index in [0.29, 0.717) is 26.2 Å². The molecule has 1 aromatic heterocycles. The molecule has 0 atom stereocenters. The van der Waals surface area contributed by atoms with Gasteiger partial charge in [-0.1, -0.05) is 0 Å². The second-order valence-corrected chi connectivity index (χ2v) is 8.77.